The molecule has 5 rings (SSSR count). The summed E-state index contributed by atoms with van der Waals surface area (Å²) in [6.45, 7) is 4.04. The van der Waals surface area contributed by atoms with E-state index >= 15 is 0 Å². The van der Waals surface area contributed by atoms with Gasteiger partial charge < -0.3 is 9.84 Å². The molecule has 1 aliphatic carbocycles. The van der Waals surface area contributed by atoms with Gasteiger partial charge in [0.1, 0.15) is 16.9 Å². The van der Waals surface area contributed by atoms with Crippen molar-refractivity contribution in [3.8, 4) is 5.75 Å². The van der Waals surface area contributed by atoms with Crippen LogP contribution >= 0.6 is 11.3 Å². The Labute approximate surface area is 178 Å². The van der Waals surface area contributed by atoms with E-state index in [1.807, 2.05) is 13.8 Å². The summed E-state index contributed by atoms with van der Waals surface area (Å²) in [5.41, 5.74) is 1.15. The van der Waals surface area contributed by atoms with Crippen LogP contribution < -0.4 is 4.90 Å². The lowest BCUT2D eigenvalue weighted by atomic mass is 9.77. The molecule has 1 saturated carbocycles. The fraction of sp³-hybridized carbons (Fsp3) is 0.455. The summed E-state index contributed by atoms with van der Waals surface area (Å²) >= 11 is 1.36. The number of nitrogens with zero attached hydrogens (tertiary/aromatic N) is 3. The van der Waals surface area contributed by atoms with Crippen LogP contribution in [0.2, 0.25) is 0 Å². The number of hydrogen-bond donors (Lipinski definition) is 1. The van der Waals surface area contributed by atoms with Gasteiger partial charge in [-0.25, -0.2) is 0 Å². The number of phenols is 1. The van der Waals surface area contributed by atoms with E-state index in [0.29, 0.717) is 10.7 Å². The Morgan fingerprint density at radius 2 is 1.87 bits per heavy atom. The molecule has 3 atom stereocenters. The number of Topliss-reactive ketones (excluding diaryl/α,β-unsaturated/α-hetero) is 1. The van der Waals surface area contributed by atoms with Crippen LogP contribution in [0.4, 0.5) is 5.13 Å². The molecule has 1 aromatic carbocycles. The van der Waals surface area contributed by atoms with Crippen LogP contribution in [0.3, 0.4) is 0 Å². The number of benzene rings is 1. The monoisotopic (exact) mass is 425 g/mol. The molecule has 0 saturated heterocycles. The number of rotatable bonds is 3. The Morgan fingerprint density at radius 1 is 1.13 bits per heavy atom. The third-order valence-corrected chi connectivity index (χ3v) is 7.33. The lowest BCUT2D eigenvalue weighted by molar-refractivity contribution is -0.131. The molecule has 0 radical (unpaired) electrons. The minimum absolute atomic E-state index is 0.00322. The van der Waals surface area contributed by atoms with E-state index in [4.69, 9.17) is 4.74 Å². The summed E-state index contributed by atoms with van der Waals surface area (Å²) in [6.07, 6.45) is 3.35. The van der Waals surface area contributed by atoms with Crippen LogP contribution in [0.25, 0.3) is 0 Å². The number of amides is 1. The molecule has 1 aromatic heterocycles. The van der Waals surface area contributed by atoms with Crippen LogP contribution in [0, 0.1) is 5.92 Å². The predicted molar refractivity (Wildman–Crippen MR) is 111 cm³/mol. The second kappa shape index (κ2) is 7.19. The van der Waals surface area contributed by atoms with Crippen molar-refractivity contribution in [2.75, 3.05) is 4.90 Å². The average molecular weight is 426 g/mol. The number of ketones is 1. The highest BCUT2D eigenvalue weighted by molar-refractivity contribution is 7.15. The van der Waals surface area contributed by atoms with Crippen molar-refractivity contribution in [1.29, 1.82) is 0 Å². The average Bonchev–Trinajstić information content (AvgIpc) is 3.33. The maximum absolute atomic E-state index is 13.5. The first kappa shape index (κ1) is 19.2. The van der Waals surface area contributed by atoms with E-state index in [9.17, 15) is 14.7 Å². The minimum Gasteiger partial charge on any atom is -0.508 e. The van der Waals surface area contributed by atoms with E-state index in [1.54, 1.807) is 24.3 Å². The summed E-state index contributed by atoms with van der Waals surface area (Å²) in [5, 5.41) is 19.5. The van der Waals surface area contributed by atoms with Crippen molar-refractivity contribution in [1.82, 2.24) is 10.2 Å². The van der Waals surface area contributed by atoms with Gasteiger partial charge >= 0.3 is 0 Å². The largest absolute Gasteiger partial charge is 0.508 e. The van der Waals surface area contributed by atoms with Crippen molar-refractivity contribution >= 4 is 28.2 Å². The molecule has 3 heterocycles. The number of fused-ring (bicyclic) bond motifs is 1. The number of aromatic hydroxyl groups is 1. The van der Waals surface area contributed by atoms with Gasteiger partial charge in [0.2, 0.25) is 5.13 Å². The van der Waals surface area contributed by atoms with E-state index in [1.165, 1.54) is 16.2 Å². The number of carbonyl (C=O) groups is 2. The van der Waals surface area contributed by atoms with Gasteiger partial charge in [0.25, 0.3) is 5.91 Å². The zero-order chi connectivity index (χ0) is 21.0. The third-order valence-electron chi connectivity index (χ3n) is 6.10. The van der Waals surface area contributed by atoms with Crippen LogP contribution in [0.5, 0.6) is 5.75 Å². The lowest BCUT2D eigenvalue weighted by Crippen LogP contribution is -2.39. The van der Waals surface area contributed by atoms with Gasteiger partial charge in [0.05, 0.1) is 17.5 Å². The Kier molecular flexibility index (Phi) is 4.61. The van der Waals surface area contributed by atoms with Crippen molar-refractivity contribution in [3.63, 3.8) is 0 Å². The van der Waals surface area contributed by atoms with Crippen molar-refractivity contribution in [3.05, 3.63) is 46.2 Å². The van der Waals surface area contributed by atoms with E-state index in [2.05, 4.69) is 10.2 Å². The highest BCUT2D eigenvalue weighted by Crippen LogP contribution is 2.49. The molecular formula is C22H23N3O4S. The van der Waals surface area contributed by atoms with E-state index in [0.717, 1.165) is 36.3 Å². The van der Waals surface area contributed by atoms with E-state index < -0.39 is 6.04 Å². The molecule has 1 amide bonds. The first-order valence-corrected chi connectivity index (χ1v) is 11.2. The maximum Gasteiger partial charge on any atom is 0.296 e. The van der Waals surface area contributed by atoms with Gasteiger partial charge in [-0.2, -0.15) is 0 Å². The second-order valence-electron chi connectivity index (χ2n) is 8.40. The molecule has 1 fully saturated rings. The second-order valence-corrected chi connectivity index (χ2v) is 9.39. The quantitative estimate of drug-likeness (QED) is 0.803. The molecule has 0 spiro atoms. The van der Waals surface area contributed by atoms with Gasteiger partial charge in [-0.15, -0.1) is 10.2 Å². The highest BCUT2D eigenvalue weighted by atomic mass is 32.1. The first-order valence-electron chi connectivity index (χ1n) is 10.4. The van der Waals surface area contributed by atoms with E-state index in [-0.39, 0.29) is 41.1 Å². The molecule has 2 aromatic rings. The number of phenolic OH excluding ortho intramolecular Hbond substituents is 1. The SMILES string of the molecule is CC(C)c1nnc(N2C(=O)C3=C(C(=O)C4CCCCC4O3)C2c2ccc(O)cc2)s1. The molecule has 1 N–H and O–H groups in total. The predicted octanol–water partition coefficient (Wildman–Crippen LogP) is 3.87. The smallest absolute Gasteiger partial charge is 0.296 e. The molecule has 0 bridgehead atoms. The Balaban J connectivity index is 1.63. The number of ether oxygens (including phenoxy) is 1. The number of hydrogen-bond acceptors (Lipinski definition) is 7. The Bertz CT molecular complexity index is 1040. The van der Waals surface area contributed by atoms with Gasteiger partial charge in [-0.3, -0.25) is 14.5 Å². The highest BCUT2D eigenvalue weighted by Gasteiger charge is 2.53. The topological polar surface area (TPSA) is 92.6 Å². The molecule has 2 aliphatic heterocycles. The van der Waals surface area contributed by atoms with Crippen LogP contribution in [-0.2, 0) is 14.3 Å². The fourth-order valence-corrected chi connectivity index (χ4v) is 5.44. The normalized spacial score (nSPS) is 26.1. The summed E-state index contributed by atoms with van der Waals surface area (Å²) in [6, 6.07) is 5.97. The van der Waals surface area contributed by atoms with Crippen LogP contribution in [0.15, 0.2) is 35.6 Å². The molecule has 30 heavy (non-hydrogen) atoms. The number of aromatic nitrogens is 2. The summed E-state index contributed by atoms with van der Waals surface area (Å²) in [4.78, 5) is 28.5. The van der Waals surface area contributed by atoms with Crippen molar-refractivity contribution in [2.45, 2.75) is 57.6 Å². The number of anilines is 1. The summed E-state index contributed by atoms with van der Waals surface area (Å²) < 4.78 is 6.15. The van der Waals surface area contributed by atoms with Gasteiger partial charge in [-0.05, 0) is 37.0 Å². The van der Waals surface area contributed by atoms with Gasteiger partial charge in [-0.1, -0.05) is 43.7 Å². The fourth-order valence-electron chi connectivity index (χ4n) is 4.57. The van der Waals surface area contributed by atoms with Gasteiger partial charge in [0.15, 0.2) is 11.5 Å². The standard InChI is InChI=1S/C22H23N3O4S/c1-11(2)20-23-24-22(30-20)25-17(12-7-9-13(26)10-8-12)16-18(27)14-5-3-4-6-15(14)29-19(16)21(25)28/h7-11,14-15,17,26H,3-6H2,1-2H3. The molecule has 3 aliphatic rings. The Morgan fingerprint density at radius 3 is 2.57 bits per heavy atom. The lowest BCUT2D eigenvalue weighted by Gasteiger charge is -2.35. The Hall–Kier alpha value is -2.74. The minimum atomic E-state index is -0.628. The molecule has 7 nitrogen and oxygen atoms in total. The third kappa shape index (κ3) is 2.93. The maximum atomic E-state index is 13.5. The molecule has 3 unspecified atom stereocenters. The molecular weight excluding hydrogens is 402 g/mol. The van der Waals surface area contributed by atoms with Crippen LogP contribution in [0.1, 0.15) is 62.1 Å². The number of carbonyl (C=O) groups excluding carboxylic acids is 2. The van der Waals surface area contributed by atoms with Crippen LogP contribution in [-0.4, -0.2) is 33.1 Å². The molecule has 156 valence electrons. The molecule has 8 heteroatoms. The zero-order valence-electron chi connectivity index (χ0n) is 16.9. The van der Waals surface area contributed by atoms with Crippen molar-refractivity contribution < 1.29 is 19.4 Å². The first-order chi connectivity index (χ1) is 14.5. The summed E-state index contributed by atoms with van der Waals surface area (Å²) in [7, 11) is 0. The zero-order valence-corrected chi connectivity index (χ0v) is 17.7. The van der Waals surface area contributed by atoms with Gasteiger partial charge in [0, 0.05) is 5.92 Å². The summed E-state index contributed by atoms with van der Waals surface area (Å²) in [5.74, 6) is -0.0757. The van der Waals surface area contributed by atoms with Crippen molar-refractivity contribution in [2.24, 2.45) is 5.92 Å².